The van der Waals surface area contributed by atoms with E-state index in [0.29, 0.717) is 0 Å². The maximum Gasteiger partial charge on any atom is 0.0950 e. The predicted octanol–water partition coefficient (Wildman–Crippen LogP) is 1.60. The Morgan fingerprint density at radius 3 is 2.79 bits per heavy atom. The van der Waals surface area contributed by atoms with Crippen LogP contribution in [-0.2, 0) is 6.42 Å². The number of aliphatic hydroxyl groups excluding tert-OH is 1. The quantitative estimate of drug-likeness (QED) is 0.767. The smallest absolute Gasteiger partial charge is 0.0950 e. The van der Waals surface area contributed by atoms with Crippen LogP contribution in [-0.4, -0.2) is 29.6 Å². The molecular weight excluding hydrogens is 174 g/mol. The van der Waals surface area contributed by atoms with E-state index < -0.39 is 0 Å². The molecule has 0 saturated heterocycles. The van der Waals surface area contributed by atoms with E-state index in [1.807, 2.05) is 18.2 Å². The van der Waals surface area contributed by atoms with Gasteiger partial charge in [-0.1, -0.05) is 31.2 Å². The number of hydrogen-bond acceptors (Lipinski definition) is 2. The van der Waals surface area contributed by atoms with Gasteiger partial charge in [0, 0.05) is 6.04 Å². The molecule has 0 heterocycles. The Morgan fingerprint density at radius 1 is 1.43 bits per heavy atom. The van der Waals surface area contributed by atoms with Crippen LogP contribution >= 0.6 is 0 Å². The fourth-order valence-corrected chi connectivity index (χ4v) is 2.18. The van der Waals surface area contributed by atoms with Crippen molar-refractivity contribution in [2.24, 2.45) is 0 Å². The van der Waals surface area contributed by atoms with Gasteiger partial charge in [0.05, 0.1) is 6.10 Å². The molecule has 1 aliphatic carbocycles. The molecule has 2 unspecified atom stereocenters. The van der Waals surface area contributed by atoms with Crippen molar-refractivity contribution < 1.29 is 5.11 Å². The summed E-state index contributed by atoms with van der Waals surface area (Å²) < 4.78 is 0. The number of benzene rings is 1. The van der Waals surface area contributed by atoms with E-state index in [0.717, 1.165) is 18.5 Å². The Hall–Kier alpha value is -0.860. The molecule has 0 amide bonds. The van der Waals surface area contributed by atoms with Crippen LogP contribution in [0.5, 0.6) is 0 Å². The molecule has 0 bridgehead atoms. The molecule has 1 N–H and O–H groups in total. The Kier molecular flexibility index (Phi) is 2.57. The lowest BCUT2D eigenvalue weighted by Gasteiger charge is -2.25. The minimum atomic E-state index is -0.309. The van der Waals surface area contributed by atoms with E-state index in [9.17, 15) is 5.11 Å². The number of likely N-dealkylation sites (N-methyl/N-ethyl adjacent to an activating group) is 1. The molecule has 14 heavy (non-hydrogen) atoms. The standard InChI is InChI=1S/C12H17NO/c1-3-13(2)11-8-9-6-4-5-7-10(9)12(11)14/h4-7,11-12,14H,3,8H2,1-2H3. The van der Waals surface area contributed by atoms with Crippen LogP contribution in [0.2, 0.25) is 0 Å². The maximum atomic E-state index is 10.1. The van der Waals surface area contributed by atoms with Crippen molar-refractivity contribution in [2.75, 3.05) is 13.6 Å². The second-order valence-electron chi connectivity index (χ2n) is 3.99. The summed E-state index contributed by atoms with van der Waals surface area (Å²) >= 11 is 0. The number of aliphatic hydroxyl groups is 1. The zero-order valence-corrected chi connectivity index (χ0v) is 8.77. The van der Waals surface area contributed by atoms with Crippen molar-refractivity contribution in [3.63, 3.8) is 0 Å². The van der Waals surface area contributed by atoms with Gasteiger partial charge in [-0.2, -0.15) is 0 Å². The maximum absolute atomic E-state index is 10.1. The molecule has 2 heteroatoms. The van der Waals surface area contributed by atoms with Crippen LogP contribution in [0.1, 0.15) is 24.2 Å². The van der Waals surface area contributed by atoms with Crippen molar-refractivity contribution in [3.8, 4) is 0 Å². The van der Waals surface area contributed by atoms with Gasteiger partial charge < -0.3 is 10.0 Å². The number of fused-ring (bicyclic) bond motifs is 1. The highest BCUT2D eigenvalue weighted by Crippen LogP contribution is 2.33. The third-order valence-corrected chi connectivity index (χ3v) is 3.23. The van der Waals surface area contributed by atoms with Crippen molar-refractivity contribution in [1.82, 2.24) is 4.90 Å². The highest BCUT2D eigenvalue weighted by atomic mass is 16.3. The van der Waals surface area contributed by atoms with Gasteiger partial charge in [-0.3, -0.25) is 0 Å². The zero-order chi connectivity index (χ0) is 10.1. The first kappa shape index (κ1) is 9.69. The molecule has 0 aromatic heterocycles. The van der Waals surface area contributed by atoms with Crippen LogP contribution in [0.15, 0.2) is 24.3 Å². The van der Waals surface area contributed by atoms with Crippen molar-refractivity contribution in [3.05, 3.63) is 35.4 Å². The lowest BCUT2D eigenvalue weighted by molar-refractivity contribution is 0.0790. The Bertz CT molecular complexity index is 324. The molecule has 0 saturated carbocycles. The predicted molar refractivity (Wildman–Crippen MR) is 57.2 cm³/mol. The fraction of sp³-hybridized carbons (Fsp3) is 0.500. The van der Waals surface area contributed by atoms with Crippen molar-refractivity contribution in [1.29, 1.82) is 0 Å². The summed E-state index contributed by atoms with van der Waals surface area (Å²) in [6, 6.07) is 8.44. The second-order valence-corrected chi connectivity index (χ2v) is 3.99. The van der Waals surface area contributed by atoms with E-state index in [-0.39, 0.29) is 12.1 Å². The van der Waals surface area contributed by atoms with Crippen LogP contribution in [0.25, 0.3) is 0 Å². The first-order valence-electron chi connectivity index (χ1n) is 5.20. The molecule has 0 aliphatic heterocycles. The summed E-state index contributed by atoms with van der Waals surface area (Å²) in [5.74, 6) is 0. The van der Waals surface area contributed by atoms with Crippen LogP contribution in [0.4, 0.5) is 0 Å². The number of hydrogen-bond donors (Lipinski definition) is 1. The van der Waals surface area contributed by atoms with Gasteiger partial charge in [-0.05, 0) is 31.1 Å². The normalized spacial score (nSPS) is 25.4. The van der Waals surface area contributed by atoms with E-state index in [1.165, 1.54) is 5.56 Å². The average molecular weight is 191 g/mol. The molecule has 1 aliphatic rings. The summed E-state index contributed by atoms with van der Waals surface area (Å²) in [6.07, 6.45) is 0.665. The molecule has 76 valence electrons. The minimum Gasteiger partial charge on any atom is -0.387 e. The summed E-state index contributed by atoms with van der Waals surface area (Å²) in [7, 11) is 2.07. The van der Waals surface area contributed by atoms with Gasteiger partial charge in [0.1, 0.15) is 0 Å². The molecule has 0 spiro atoms. The molecule has 2 rings (SSSR count). The molecule has 1 aromatic rings. The Morgan fingerprint density at radius 2 is 2.14 bits per heavy atom. The third-order valence-electron chi connectivity index (χ3n) is 3.23. The molecule has 1 aromatic carbocycles. The SMILES string of the molecule is CCN(C)C1Cc2ccccc2C1O. The van der Waals surface area contributed by atoms with Crippen molar-refractivity contribution >= 4 is 0 Å². The Balaban J connectivity index is 2.25. The summed E-state index contributed by atoms with van der Waals surface area (Å²) in [6.45, 7) is 3.10. The minimum absolute atomic E-state index is 0.261. The Labute approximate surface area is 85.2 Å². The third kappa shape index (κ3) is 1.45. The summed E-state index contributed by atoms with van der Waals surface area (Å²) in [4.78, 5) is 2.21. The van der Waals surface area contributed by atoms with Gasteiger partial charge in [0.15, 0.2) is 0 Å². The van der Waals surface area contributed by atoms with Crippen molar-refractivity contribution in [2.45, 2.75) is 25.5 Å². The molecule has 0 radical (unpaired) electrons. The fourth-order valence-electron chi connectivity index (χ4n) is 2.18. The molecule has 2 nitrogen and oxygen atoms in total. The largest absolute Gasteiger partial charge is 0.387 e. The van der Waals surface area contributed by atoms with Gasteiger partial charge in [-0.25, -0.2) is 0 Å². The van der Waals surface area contributed by atoms with Crippen LogP contribution in [0, 0.1) is 0 Å². The average Bonchev–Trinajstić information content (AvgIpc) is 2.56. The topological polar surface area (TPSA) is 23.5 Å². The summed E-state index contributed by atoms with van der Waals surface area (Å²) in [5.41, 5.74) is 2.41. The van der Waals surface area contributed by atoms with E-state index in [4.69, 9.17) is 0 Å². The van der Waals surface area contributed by atoms with Crippen LogP contribution < -0.4 is 0 Å². The lowest BCUT2D eigenvalue weighted by Crippen LogP contribution is -2.34. The van der Waals surface area contributed by atoms with Gasteiger partial charge >= 0.3 is 0 Å². The zero-order valence-electron chi connectivity index (χ0n) is 8.77. The molecular formula is C12H17NO. The second kappa shape index (κ2) is 3.71. The lowest BCUT2D eigenvalue weighted by atomic mass is 10.1. The number of nitrogens with zero attached hydrogens (tertiary/aromatic N) is 1. The first-order chi connectivity index (χ1) is 6.74. The molecule has 2 atom stereocenters. The van der Waals surface area contributed by atoms with E-state index in [1.54, 1.807) is 0 Å². The first-order valence-corrected chi connectivity index (χ1v) is 5.20. The van der Waals surface area contributed by atoms with E-state index >= 15 is 0 Å². The van der Waals surface area contributed by atoms with Gasteiger partial charge in [-0.15, -0.1) is 0 Å². The highest BCUT2D eigenvalue weighted by molar-refractivity contribution is 5.35. The van der Waals surface area contributed by atoms with Gasteiger partial charge in [0.25, 0.3) is 0 Å². The van der Waals surface area contributed by atoms with Gasteiger partial charge in [0.2, 0.25) is 0 Å². The molecule has 0 fully saturated rings. The van der Waals surface area contributed by atoms with Crippen LogP contribution in [0.3, 0.4) is 0 Å². The number of rotatable bonds is 2. The van der Waals surface area contributed by atoms with E-state index in [2.05, 4.69) is 24.9 Å². The summed E-state index contributed by atoms with van der Waals surface area (Å²) in [5, 5.41) is 10.1. The highest BCUT2D eigenvalue weighted by Gasteiger charge is 2.32. The monoisotopic (exact) mass is 191 g/mol.